The molecule has 1 aromatic carbocycles. The fourth-order valence-electron chi connectivity index (χ4n) is 3.72. The topological polar surface area (TPSA) is 61.8 Å². The Labute approximate surface area is 156 Å². The van der Waals surface area contributed by atoms with Gasteiger partial charge in [-0.05, 0) is 72.6 Å². The molecule has 1 aromatic heterocycles. The van der Waals surface area contributed by atoms with Gasteiger partial charge < -0.3 is 11.1 Å². The first-order valence-electron chi connectivity index (χ1n) is 8.53. The molecule has 0 bridgehead atoms. The number of nitrogens with one attached hydrogen (secondary N) is 1. The molecule has 3 N–H and O–H groups in total. The predicted octanol–water partition coefficient (Wildman–Crippen LogP) is 5.38. The van der Waals surface area contributed by atoms with Crippen molar-refractivity contribution in [1.29, 1.82) is 5.26 Å². The molecule has 3 nitrogen and oxygen atoms in total. The maximum atomic E-state index is 9.47. The number of rotatable bonds is 3. The molecule has 2 aromatic rings. The molecule has 0 amide bonds. The van der Waals surface area contributed by atoms with Crippen molar-refractivity contribution in [2.75, 3.05) is 0 Å². The molecule has 1 atom stereocenters. The van der Waals surface area contributed by atoms with Gasteiger partial charge in [0, 0.05) is 11.6 Å². The monoisotopic (exact) mass is 369 g/mol. The third-order valence-electron chi connectivity index (χ3n) is 5.39. The zero-order valence-corrected chi connectivity index (χ0v) is 15.9. The van der Waals surface area contributed by atoms with Gasteiger partial charge in [0.15, 0.2) is 0 Å². The van der Waals surface area contributed by atoms with Crippen LogP contribution < -0.4 is 11.1 Å². The number of nitriles is 1. The van der Waals surface area contributed by atoms with Crippen LogP contribution >= 0.6 is 22.9 Å². The summed E-state index contributed by atoms with van der Waals surface area (Å²) in [5, 5.41) is 16.6. The van der Waals surface area contributed by atoms with Crippen LogP contribution in [-0.4, -0.2) is 0 Å². The van der Waals surface area contributed by atoms with Crippen LogP contribution in [0, 0.1) is 17.2 Å². The van der Waals surface area contributed by atoms with Gasteiger partial charge in [0.05, 0.1) is 15.3 Å². The molecule has 0 spiro atoms. The van der Waals surface area contributed by atoms with E-state index in [-0.39, 0.29) is 5.92 Å². The van der Waals surface area contributed by atoms with Crippen molar-refractivity contribution in [1.82, 2.24) is 5.32 Å². The number of benzene rings is 1. The highest BCUT2D eigenvalue weighted by atomic mass is 35.5. The minimum atomic E-state index is 0.184. The van der Waals surface area contributed by atoms with Crippen LogP contribution in [0.5, 0.6) is 0 Å². The highest BCUT2D eigenvalue weighted by Gasteiger charge is 2.33. The Morgan fingerprint density at radius 3 is 2.80 bits per heavy atom. The van der Waals surface area contributed by atoms with Crippen molar-refractivity contribution in [3.63, 3.8) is 0 Å². The minimum absolute atomic E-state index is 0.184. The molecule has 1 aliphatic heterocycles. The molecule has 25 heavy (non-hydrogen) atoms. The van der Waals surface area contributed by atoms with Crippen molar-refractivity contribution in [2.45, 2.75) is 39.0 Å². The van der Waals surface area contributed by atoms with Gasteiger partial charge in [0.25, 0.3) is 0 Å². The van der Waals surface area contributed by atoms with E-state index in [1.165, 1.54) is 29.6 Å². The van der Waals surface area contributed by atoms with Crippen LogP contribution in [-0.2, 0) is 0 Å². The number of nitrogens with two attached hydrogens (primary N) is 1. The molecule has 2 heterocycles. The number of allylic oxidation sites excluding steroid dienone is 3. The van der Waals surface area contributed by atoms with Gasteiger partial charge in [-0.3, -0.25) is 0 Å². The first-order chi connectivity index (χ1) is 12.0. The molecular formula is C20H20ClN3S. The minimum Gasteiger partial charge on any atom is -0.385 e. The summed E-state index contributed by atoms with van der Waals surface area (Å²) < 4.78 is 0.971. The molecule has 0 radical (unpaired) electrons. The van der Waals surface area contributed by atoms with Gasteiger partial charge in [-0.2, -0.15) is 5.26 Å². The van der Waals surface area contributed by atoms with Crippen LogP contribution in [0.25, 0.3) is 10.1 Å². The summed E-state index contributed by atoms with van der Waals surface area (Å²) in [5.41, 5.74) is 11.9. The van der Waals surface area contributed by atoms with Gasteiger partial charge >= 0.3 is 0 Å². The maximum Gasteiger partial charge on any atom is 0.102 e. The maximum absolute atomic E-state index is 9.47. The van der Waals surface area contributed by atoms with E-state index in [1.54, 1.807) is 11.3 Å². The number of hydrogen-bond donors (Lipinski definition) is 2. The fourth-order valence-corrected chi connectivity index (χ4v) is 5.07. The summed E-state index contributed by atoms with van der Waals surface area (Å²) in [4.78, 5) is 0. The van der Waals surface area contributed by atoms with Crippen molar-refractivity contribution < 1.29 is 0 Å². The van der Waals surface area contributed by atoms with Gasteiger partial charge in [0.1, 0.15) is 11.9 Å². The highest BCUT2D eigenvalue weighted by Crippen LogP contribution is 2.48. The zero-order chi connectivity index (χ0) is 17.7. The third kappa shape index (κ3) is 2.72. The molecule has 1 unspecified atom stereocenters. The molecule has 5 heteroatoms. The quantitative estimate of drug-likeness (QED) is 0.763. The Morgan fingerprint density at radius 2 is 2.12 bits per heavy atom. The molecule has 4 rings (SSSR count). The number of fused-ring (bicyclic) bond motifs is 1. The molecule has 0 saturated heterocycles. The van der Waals surface area contributed by atoms with Crippen LogP contribution in [0.1, 0.15) is 50.2 Å². The van der Waals surface area contributed by atoms with Crippen LogP contribution in [0.2, 0.25) is 5.02 Å². The fraction of sp³-hybridized carbons (Fsp3) is 0.350. The molecule has 1 aliphatic carbocycles. The predicted molar refractivity (Wildman–Crippen MR) is 104 cm³/mol. The van der Waals surface area contributed by atoms with E-state index in [1.807, 2.05) is 12.1 Å². The lowest BCUT2D eigenvalue weighted by Gasteiger charge is -2.30. The Hall–Kier alpha value is -1.96. The Balaban J connectivity index is 1.90. The molecular weight excluding hydrogens is 350 g/mol. The summed E-state index contributed by atoms with van der Waals surface area (Å²) >= 11 is 7.82. The van der Waals surface area contributed by atoms with E-state index in [4.69, 9.17) is 17.3 Å². The number of halogens is 1. The molecule has 1 saturated carbocycles. The summed E-state index contributed by atoms with van der Waals surface area (Å²) in [7, 11) is 0. The van der Waals surface area contributed by atoms with Crippen molar-refractivity contribution in [3.05, 3.63) is 56.3 Å². The number of nitrogens with zero attached hydrogens (tertiary/aromatic N) is 1. The average Bonchev–Trinajstić information content (AvgIpc) is 3.31. The number of hydrogen-bond acceptors (Lipinski definition) is 4. The van der Waals surface area contributed by atoms with Gasteiger partial charge in [-0.25, -0.2) is 0 Å². The second kappa shape index (κ2) is 6.09. The van der Waals surface area contributed by atoms with Gasteiger partial charge in [-0.15, -0.1) is 11.3 Å². The van der Waals surface area contributed by atoms with E-state index in [2.05, 4.69) is 30.6 Å². The van der Waals surface area contributed by atoms with Crippen molar-refractivity contribution in [2.24, 2.45) is 11.7 Å². The number of thiophene rings is 1. The van der Waals surface area contributed by atoms with E-state index >= 15 is 0 Å². The van der Waals surface area contributed by atoms with E-state index in [0.29, 0.717) is 10.6 Å². The van der Waals surface area contributed by atoms with Crippen LogP contribution in [0.3, 0.4) is 0 Å². The second-order valence-electron chi connectivity index (χ2n) is 7.05. The van der Waals surface area contributed by atoms with Crippen LogP contribution in [0.15, 0.2) is 40.2 Å². The van der Waals surface area contributed by atoms with Crippen LogP contribution in [0.4, 0.5) is 0 Å². The summed E-state index contributed by atoms with van der Waals surface area (Å²) in [5.74, 6) is 1.75. The van der Waals surface area contributed by atoms with E-state index in [0.717, 1.165) is 33.9 Å². The number of dihydropyridines is 1. The summed E-state index contributed by atoms with van der Waals surface area (Å²) in [6.07, 6.45) is 3.64. The van der Waals surface area contributed by atoms with E-state index < -0.39 is 0 Å². The smallest absolute Gasteiger partial charge is 0.102 e. The standard InChI is InChI=1S/C20H20ClN3S/c1-10-11(2)24-20(23)14(7-12-3-4-12)18(10)16-9-25-19-13(16)5-6-17(21)15(19)8-22/h5-6,9,12,18,24H,3-4,7,23H2,1-2H3. The Bertz CT molecular complexity index is 973. The lowest BCUT2D eigenvalue weighted by molar-refractivity contribution is 0.684. The molecule has 128 valence electrons. The summed E-state index contributed by atoms with van der Waals surface area (Å²) in [6.45, 7) is 4.26. The first-order valence-corrected chi connectivity index (χ1v) is 9.79. The Morgan fingerprint density at radius 1 is 1.36 bits per heavy atom. The average molecular weight is 370 g/mol. The summed E-state index contributed by atoms with van der Waals surface area (Å²) in [6, 6.07) is 6.13. The second-order valence-corrected chi connectivity index (χ2v) is 8.34. The largest absolute Gasteiger partial charge is 0.385 e. The van der Waals surface area contributed by atoms with Gasteiger partial charge in [0.2, 0.25) is 0 Å². The SMILES string of the molecule is CC1=C(C)C(c2csc3c(C#N)c(Cl)ccc23)C(CC2CC2)=C(N)N1. The lowest BCUT2D eigenvalue weighted by atomic mass is 9.80. The van der Waals surface area contributed by atoms with Crippen molar-refractivity contribution >= 4 is 33.0 Å². The third-order valence-corrected chi connectivity index (χ3v) is 6.74. The van der Waals surface area contributed by atoms with E-state index in [9.17, 15) is 5.26 Å². The molecule has 2 aliphatic rings. The highest BCUT2D eigenvalue weighted by molar-refractivity contribution is 7.17. The van der Waals surface area contributed by atoms with Gasteiger partial charge in [-0.1, -0.05) is 17.7 Å². The Kier molecular flexibility index (Phi) is 4.02. The lowest BCUT2D eigenvalue weighted by Crippen LogP contribution is -2.29. The zero-order valence-electron chi connectivity index (χ0n) is 14.3. The first kappa shape index (κ1) is 16.5. The van der Waals surface area contributed by atoms with Crippen molar-refractivity contribution in [3.8, 4) is 6.07 Å². The normalized spacial score (nSPS) is 20.8. The molecule has 1 fully saturated rings.